The van der Waals surface area contributed by atoms with Crippen molar-refractivity contribution in [2.75, 3.05) is 6.54 Å². The second kappa shape index (κ2) is 10.6. The molecule has 1 N–H and O–H groups in total. The summed E-state index contributed by atoms with van der Waals surface area (Å²) in [4.78, 5) is 57.7. The molecular weight excluding hydrogens is 578 g/mol. The van der Waals surface area contributed by atoms with E-state index in [4.69, 9.17) is 19.2 Å². The van der Waals surface area contributed by atoms with Gasteiger partial charge >= 0.3 is 18.0 Å². The van der Waals surface area contributed by atoms with Crippen molar-refractivity contribution in [1.29, 1.82) is 0 Å². The number of hydrogen-bond acceptors (Lipinski definition) is 8. The van der Waals surface area contributed by atoms with E-state index >= 15 is 0 Å². The molecule has 0 fully saturated rings. The van der Waals surface area contributed by atoms with Crippen LogP contribution in [0.5, 0.6) is 0 Å². The summed E-state index contributed by atoms with van der Waals surface area (Å²) in [5, 5.41) is 4.74. The number of carbonyl (C=O) groups is 3. The lowest BCUT2D eigenvalue weighted by molar-refractivity contribution is -0.188. The lowest BCUT2D eigenvalue weighted by Gasteiger charge is -2.39. The van der Waals surface area contributed by atoms with Crippen molar-refractivity contribution in [3.05, 3.63) is 57.4 Å². The Balaban J connectivity index is 1.64. The lowest BCUT2D eigenvalue weighted by atomic mass is 9.85. The molecule has 0 radical (unpaired) electrons. The average molecular weight is 620 g/mol. The zero-order valence-electron chi connectivity index (χ0n) is 27.0. The predicted molar refractivity (Wildman–Crippen MR) is 169 cm³/mol. The van der Waals surface area contributed by atoms with Crippen LogP contribution in [0.15, 0.2) is 35.1 Å². The van der Waals surface area contributed by atoms with Gasteiger partial charge in [-0.15, -0.1) is 0 Å². The van der Waals surface area contributed by atoms with Crippen molar-refractivity contribution in [3.63, 3.8) is 0 Å². The second-order valence-electron chi connectivity index (χ2n) is 14.1. The van der Waals surface area contributed by atoms with E-state index in [2.05, 4.69) is 45.2 Å². The molecule has 0 saturated carbocycles. The first-order valence-corrected chi connectivity index (χ1v) is 18.0. The van der Waals surface area contributed by atoms with Gasteiger partial charge in [-0.25, -0.2) is 14.6 Å². The van der Waals surface area contributed by atoms with Gasteiger partial charge in [0.2, 0.25) is 5.60 Å². The van der Waals surface area contributed by atoms with Crippen molar-refractivity contribution in [2.45, 2.75) is 97.4 Å². The number of fused-ring (bicyclic) bond motifs is 5. The smallest absolute Gasteiger partial charge is 0.408 e. The molecule has 0 bridgehead atoms. The van der Waals surface area contributed by atoms with Crippen molar-refractivity contribution >= 4 is 42.2 Å². The average Bonchev–Trinajstić information content (AvgIpc) is 3.29. The second-order valence-corrected chi connectivity index (χ2v) is 19.4. The highest BCUT2D eigenvalue weighted by molar-refractivity contribution is 6.94. The number of ether oxygens (including phenoxy) is 3. The Bertz CT molecular complexity index is 1760. The molecule has 2 aliphatic heterocycles. The summed E-state index contributed by atoms with van der Waals surface area (Å²) in [6, 6.07) is 9.82. The van der Waals surface area contributed by atoms with Crippen LogP contribution < -0.4 is 16.1 Å². The molecule has 10 nitrogen and oxygen atoms in total. The number of hydrogen-bond donors (Lipinski definition) is 1. The number of carbonyl (C=O) groups excluding carboxylic acids is 3. The molecule has 4 heterocycles. The fourth-order valence-corrected chi connectivity index (χ4v) is 8.55. The summed E-state index contributed by atoms with van der Waals surface area (Å²) in [5.41, 5.74) is 0.742. The molecule has 234 valence electrons. The van der Waals surface area contributed by atoms with E-state index in [0.717, 1.165) is 16.5 Å². The summed E-state index contributed by atoms with van der Waals surface area (Å²) >= 11 is 0. The topological polar surface area (TPSA) is 126 Å². The van der Waals surface area contributed by atoms with Crippen LogP contribution in [0.2, 0.25) is 18.1 Å². The third-order valence-corrected chi connectivity index (χ3v) is 14.7. The van der Waals surface area contributed by atoms with Crippen LogP contribution in [0.3, 0.4) is 0 Å². The maximum atomic E-state index is 14.1. The number of alkyl carbamates (subject to hydrolysis) is 1. The molecule has 2 aromatic heterocycles. The van der Waals surface area contributed by atoms with Crippen LogP contribution in [0, 0.1) is 0 Å². The van der Waals surface area contributed by atoms with Gasteiger partial charge in [-0.1, -0.05) is 59.0 Å². The van der Waals surface area contributed by atoms with Crippen LogP contribution in [0.25, 0.3) is 22.3 Å². The Hall–Kier alpha value is -3.99. The first-order chi connectivity index (χ1) is 20.4. The molecule has 5 rings (SSSR count). The summed E-state index contributed by atoms with van der Waals surface area (Å²) < 4.78 is 18.1. The van der Waals surface area contributed by atoms with E-state index in [1.807, 2.05) is 18.2 Å². The SMILES string of the molecule is CCC1(OC(=O)CNC(=O)OC(C)(C)C)C(=O)OCc2c1cc1n(c2=O)Cc2c-1nc1ccccc1c2[Si](C)(C)C(C)(C)C. The minimum absolute atomic E-state index is 0.0169. The fourth-order valence-electron chi connectivity index (χ4n) is 5.96. The molecule has 44 heavy (non-hydrogen) atoms. The number of para-hydroxylation sites is 1. The summed E-state index contributed by atoms with van der Waals surface area (Å²) in [5.74, 6) is -1.64. The zero-order chi connectivity index (χ0) is 32.4. The van der Waals surface area contributed by atoms with Gasteiger partial charge in [-0.05, 0) is 60.5 Å². The molecule has 1 aromatic carbocycles. The number of esters is 2. The monoisotopic (exact) mass is 619 g/mol. The summed E-state index contributed by atoms with van der Waals surface area (Å²) in [6.07, 6.45) is -0.775. The number of aromatic nitrogens is 2. The third kappa shape index (κ3) is 5.10. The summed E-state index contributed by atoms with van der Waals surface area (Å²) in [6.45, 7) is 17.9. The van der Waals surface area contributed by atoms with Crippen LogP contribution >= 0.6 is 0 Å². The van der Waals surface area contributed by atoms with E-state index in [9.17, 15) is 19.2 Å². The van der Waals surface area contributed by atoms with Gasteiger partial charge in [0.15, 0.2) is 0 Å². The molecule has 1 amide bonds. The Morgan fingerprint density at radius 2 is 1.77 bits per heavy atom. The quantitative estimate of drug-likeness (QED) is 0.191. The van der Waals surface area contributed by atoms with Gasteiger partial charge in [0, 0.05) is 5.56 Å². The first-order valence-electron chi connectivity index (χ1n) is 15.0. The number of cyclic esters (lactones) is 1. The largest absolute Gasteiger partial charge is 0.457 e. The normalized spacial score (nSPS) is 17.8. The van der Waals surface area contributed by atoms with Gasteiger partial charge in [-0.2, -0.15) is 0 Å². The molecule has 0 spiro atoms. The van der Waals surface area contributed by atoms with E-state index in [-0.39, 0.29) is 34.8 Å². The maximum absolute atomic E-state index is 14.1. The van der Waals surface area contributed by atoms with Gasteiger partial charge in [-0.3, -0.25) is 9.59 Å². The third-order valence-electron chi connectivity index (χ3n) is 9.13. The molecular formula is C33H41N3O7Si. The standard InChI is InChI=1S/C33H41N3O7Si/c1-10-33(42-25(37)16-34-30(40)43-31(2,3)4)22-15-24-26-20(17-36(24)28(38)21(22)18-41-29(33)39)27(44(8,9)32(5,6)7)19-13-11-12-14-23(19)35-26/h11-15H,10,16-18H2,1-9H3,(H,34,40). The molecule has 3 aromatic rings. The Labute approximate surface area is 258 Å². The van der Waals surface area contributed by atoms with Gasteiger partial charge in [0.1, 0.15) is 18.8 Å². The number of pyridine rings is 2. The van der Waals surface area contributed by atoms with Crippen LogP contribution in [0.4, 0.5) is 4.79 Å². The van der Waals surface area contributed by atoms with E-state index in [1.165, 1.54) is 5.19 Å². The zero-order valence-corrected chi connectivity index (χ0v) is 28.0. The summed E-state index contributed by atoms with van der Waals surface area (Å²) in [7, 11) is -2.14. The predicted octanol–water partition coefficient (Wildman–Crippen LogP) is 4.87. The van der Waals surface area contributed by atoms with E-state index in [1.54, 1.807) is 38.3 Å². The van der Waals surface area contributed by atoms with Crippen molar-refractivity contribution in [2.24, 2.45) is 0 Å². The number of rotatable bonds is 5. The molecule has 1 unspecified atom stereocenters. The maximum Gasteiger partial charge on any atom is 0.408 e. The van der Waals surface area contributed by atoms with Crippen molar-refractivity contribution < 1.29 is 28.6 Å². The minimum atomic E-state index is -2.14. The van der Waals surface area contributed by atoms with Crippen LogP contribution in [0.1, 0.15) is 71.6 Å². The molecule has 11 heteroatoms. The number of nitrogens with zero attached hydrogens (tertiary/aromatic N) is 2. The van der Waals surface area contributed by atoms with E-state index < -0.39 is 43.9 Å². The van der Waals surface area contributed by atoms with Gasteiger partial charge in [0.05, 0.1) is 37.1 Å². The Morgan fingerprint density at radius 1 is 1.09 bits per heavy atom. The highest BCUT2D eigenvalue weighted by Crippen LogP contribution is 2.43. The van der Waals surface area contributed by atoms with Crippen LogP contribution in [-0.4, -0.2) is 47.8 Å². The fraction of sp³-hybridized carbons (Fsp3) is 0.485. The molecule has 0 aliphatic carbocycles. The highest BCUT2D eigenvalue weighted by Gasteiger charge is 2.51. The van der Waals surface area contributed by atoms with Crippen LogP contribution in [-0.2, 0) is 42.6 Å². The number of benzene rings is 1. The number of nitrogens with one attached hydrogen (secondary N) is 1. The van der Waals surface area contributed by atoms with E-state index in [0.29, 0.717) is 17.9 Å². The lowest BCUT2D eigenvalue weighted by Crippen LogP contribution is -2.51. The highest BCUT2D eigenvalue weighted by atomic mass is 28.3. The van der Waals surface area contributed by atoms with Gasteiger partial charge < -0.3 is 24.1 Å². The van der Waals surface area contributed by atoms with Crippen molar-refractivity contribution in [1.82, 2.24) is 14.9 Å². The molecule has 2 aliphatic rings. The minimum Gasteiger partial charge on any atom is -0.457 e. The first kappa shape index (κ1) is 31.4. The Kier molecular flexibility index (Phi) is 7.55. The molecule has 0 saturated heterocycles. The number of amides is 1. The molecule has 1 atom stereocenters. The Morgan fingerprint density at radius 3 is 2.41 bits per heavy atom. The van der Waals surface area contributed by atoms with Gasteiger partial charge in [0.25, 0.3) is 5.56 Å². The van der Waals surface area contributed by atoms with Crippen molar-refractivity contribution in [3.8, 4) is 11.4 Å².